The van der Waals surface area contributed by atoms with E-state index in [4.69, 9.17) is 11.6 Å². The molecule has 8 heteroatoms. The summed E-state index contributed by atoms with van der Waals surface area (Å²) in [6, 6.07) is 4.93. The zero-order valence-electron chi connectivity index (χ0n) is 10.6. The Bertz CT molecular complexity index is 672. The van der Waals surface area contributed by atoms with E-state index in [-0.39, 0.29) is 16.4 Å². The predicted octanol–water partition coefficient (Wildman–Crippen LogP) is 3.60. The number of rotatable bonds is 2. The van der Waals surface area contributed by atoms with Gasteiger partial charge in [0.1, 0.15) is 5.69 Å². The van der Waals surface area contributed by atoms with Crippen LogP contribution in [-0.4, -0.2) is 23.0 Å². The summed E-state index contributed by atoms with van der Waals surface area (Å²) in [5, 5.41) is 0.0884. The second kappa shape index (κ2) is 5.69. The number of methoxy groups -OCH3 is 1. The van der Waals surface area contributed by atoms with Gasteiger partial charge in [-0.3, -0.25) is 4.98 Å². The summed E-state index contributed by atoms with van der Waals surface area (Å²) < 4.78 is 41.8. The lowest BCUT2D eigenvalue weighted by Crippen LogP contribution is -2.08. The Balaban J connectivity index is 2.41. The normalized spacial score (nSPS) is 11.3. The number of esters is 1. The molecule has 21 heavy (non-hydrogen) atoms. The molecule has 0 aliphatic rings. The summed E-state index contributed by atoms with van der Waals surface area (Å²) in [5.74, 6) is -0.735. The summed E-state index contributed by atoms with van der Waals surface area (Å²) >= 11 is 5.81. The van der Waals surface area contributed by atoms with Gasteiger partial charge in [-0.15, -0.1) is 0 Å². The van der Waals surface area contributed by atoms with Crippen molar-refractivity contribution in [3.05, 3.63) is 46.9 Å². The van der Waals surface area contributed by atoms with Gasteiger partial charge < -0.3 is 4.74 Å². The highest BCUT2D eigenvalue weighted by atomic mass is 35.5. The fourth-order valence-corrected chi connectivity index (χ4v) is 1.74. The largest absolute Gasteiger partial charge is 0.464 e. The Labute approximate surface area is 122 Å². The molecule has 0 amide bonds. The van der Waals surface area contributed by atoms with Crippen molar-refractivity contribution in [2.24, 2.45) is 0 Å². The maximum Gasteiger partial charge on any atom is 0.433 e. The van der Waals surface area contributed by atoms with Crippen LogP contribution in [0.25, 0.3) is 11.3 Å². The van der Waals surface area contributed by atoms with Crippen LogP contribution in [0, 0.1) is 0 Å². The first-order chi connectivity index (χ1) is 9.82. The highest BCUT2D eigenvalue weighted by Crippen LogP contribution is 2.29. The molecule has 0 N–H and O–H groups in total. The minimum atomic E-state index is -4.51. The molecule has 2 aromatic heterocycles. The molecular weight excluding hydrogens is 309 g/mol. The van der Waals surface area contributed by atoms with Crippen molar-refractivity contribution >= 4 is 17.6 Å². The lowest BCUT2D eigenvalue weighted by Gasteiger charge is -2.07. The van der Waals surface area contributed by atoms with Gasteiger partial charge in [0.25, 0.3) is 0 Å². The van der Waals surface area contributed by atoms with E-state index in [1.807, 2.05) is 0 Å². The van der Waals surface area contributed by atoms with Gasteiger partial charge in [0.15, 0.2) is 5.69 Å². The van der Waals surface area contributed by atoms with Gasteiger partial charge in [0.05, 0.1) is 17.8 Å². The fraction of sp³-hybridized carbons (Fsp3) is 0.154. The van der Waals surface area contributed by atoms with E-state index in [2.05, 4.69) is 14.7 Å². The fourth-order valence-electron chi connectivity index (χ4n) is 1.56. The van der Waals surface area contributed by atoms with Crippen LogP contribution in [0.5, 0.6) is 0 Å². The van der Waals surface area contributed by atoms with Gasteiger partial charge in [-0.2, -0.15) is 13.2 Å². The highest BCUT2D eigenvalue weighted by molar-refractivity contribution is 6.33. The molecule has 2 heterocycles. The first-order valence-electron chi connectivity index (χ1n) is 5.61. The van der Waals surface area contributed by atoms with Crippen LogP contribution in [0.15, 0.2) is 30.5 Å². The molecule has 0 radical (unpaired) electrons. The van der Waals surface area contributed by atoms with Crippen molar-refractivity contribution in [3.8, 4) is 11.3 Å². The molecule has 2 rings (SSSR count). The van der Waals surface area contributed by atoms with Gasteiger partial charge in [-0.1, -0.05) is 11.6 Å². The number of aromatic nitrogens is 2. The van der Waals surface area contributed by atoms with E-state index in [9.17, 15) is 18.0 Å². The van der Waals surface area contributed by atoms with Crippen LogP contribution >= 0.6 is 11.6 Å². The van der Waals surface area contributed by atoms with Crippen LogP contribution < -0.4 is 0 Å². The van der Waals surface area contributed by atoms with E-state index < -0.39 is 17.8 Å². The van der Waals surface area contributed by atoms with Gasteiger partial charge in [-0.05, 0) is 24.3 Å². The van der Waals surface area contributed by atoms with Crippen molar-refractivity contribution in [1.29, 1.82) is 0 Å². The SMILES string of the molecule is COC(=O)c1nc(-c2ccc(C(F)(F)F)nc2)ccc1Cl. The van der Waals surface area contributed by atoms with Gasteiger partial charge in [-0.25, -0.2) is 9.78 Å². The highest BCUT2D eigenvalue weighted by Gasteiger charge is 2.32. The van der Waals surface area contributed by atoms with Crippen molar-refractivity contribution in [2.45, 2.75) is 6.18 Å². The molecule has 0 spiro atoms. The van der Waals surface area contributed by atoms with Crippen molar-refractivity contribution in [1.82, 2.24) is 9.97 Å². The van der Waals surface area contributed by atoms with E-state index in [0.717, 1.165) is 12.3 Å². The van der Waals surface area contributed by atoms with Crippen LogP contribution in [-0.2, 0) is 10.9 Å². The molecule has 0 bridgehead atoms. The van der Waals surface area contributed by atoms with Crippen molar-refractivity contribution < 1.29 is 22.7 Å². The Morgan fingerprint density at radius 1 is 1.24 bits per heavy atom. The average molecular weight is 317 g/mol. The Kier molecular flexibility index (Phi) is 4.13. The van der Waals surface area contributed by atoms with E-state index in [1.165, 1.54) is 25.3 Å². The number of carbonyl (C=O) groups excluding carboxylic acids is 1. The standard InChI is InChI=1S/C13H8ClF3N2O2/c1-21-12(20)11-8(14)3-4-9(19-11)7-2-5-10(18-6-7)13(15,16)17/h2-6H,1H3. The summed E-state index contributed by atoms with van der Waals surface area (Å²) in [6.45, 7) is 0. The third-order valence-corrected chi connectivity index (χ3v) is 2.88. The molecule has 2 aromatic rings. The summed E-state index contributed by atoms with van der Waals surface area (Å²) in [6.07, 6.45) is -3.48. The first-order valence-corrected chi connectivity index (χ1v) is 5.99. The predicted molar refractivity (Wildman–Crippen MR) is 68.8 cm³/mol. The zero-order chi connectivity index (χ0) is 15.6. The molecule has 110 valence electrons. The summed E-state index contributed by atoms with van der Waals surface area (Å²) in [4.78, 5) is 18.8. The Morgan fingerprint density at radius 2 is 1.95 bits per heavy atom. The number of pyridine rings is 2. The quantitative estimate of drug-likeness (QED) is 0.794. The number of halogens is 4. The lowest BCUT2D eigenvalue weighted by molar-refractivity contribution is -0.141. The van der Waals surface area contributed by atoms with Crippen molar-refractivity contribution in [3.63, 3.8) is 0 Å². The molecule has 0 fully saturated rings. The number of hydrogen-bond donors (Lipinski definition) is 0. The number of ether oxygens (including phenoxy) is 1. The topological polar surface area (TPSA) is 52.1 Å². The first kappa shape index (κ1) is 15.2. The smallest absolute Gasteiger partial charge is 0.433 e. The molecule has 0 atom stereocenters. The van der Waals surface area contributed by atoms with E-state index in [0.29, 0.717) is 5.56 Å². The Morgan fingerprint density at radius 3 is 2.48 bits per heavy atom. The number of alkyl halides is 3. The van der Waals surface area contributed by atoms with Crippen LogP contribution in [0.3, 0.4) is 0 Å². The van der Waals surface area contributed by atoms with Crippen molar-refractivity contribution in [2.75, 3.05) is 7.11 Å². The van der Waals surface area contributed by atoms with Crippen LogP contribution in [0.1, 0.15) is 16.2 Å². The second-order valence-corrected chi connectivity index (χ2v) is 4.36. The zero-order valence-corrected chi connectivity index (χ0v) is 11.4. The molecule has 0 saturated carbocycles. The Hall–Kier alpha value is -2.15. The summed E-state index contributed by atoms with van der Waals surface area (Å²) in [7, 11) is 1.17. The van der Waals surface area contributed by atoms with Gasteiger partial charge in [0, 0.05) is 11.8 Å². The molecule has 0 unspecified atom stereocenters. The van der Waals surface area contributed by atoms with E-state index >= 15 is 0 Å². The third-order valence-electron chi connectivity index (χ3n) is 2.57. The van der Waals surface area contributed by atoms with Crippen LogP contribution in [0.2, 0.25) is 5.02 Å². The minimum absolute atomic E-state index is 0.0884. The van der Waals surface area contributed by atoms with Gasteiger partial charge in [0.2, 0.25) is 0 Å². The number of carbonyl (C=O) groups is 1. The van der Waals surface area contributed by atoms with E-state index in [1.54, 1.807) is 0 Å². The minimum Gasteiger partial charge on any atom is -0.464 e. The maximum atomic E-state index is 12.4. The molecule has 0 saturated heterocycles. The summed E-state index contributed by atoms with van der Waals surface area (Å²) in [5.41, 5.74) is -0.532. The maximum absolute atomic E-state index is 12.4. The van der Waals surface area contributed by atoms with Crippen LogP contribution in [0.4, 0.5) is 13.2 Å². The third kappa shape index (κ3) is 3.30. The average Bonchev–Trinajstić information content (AvgIpc) is 2.46. The molecule has 4 nitrogen and oxygen atoms in total. The second-order valence-electron chi connectivity index (χ2n) is 3.95. The number of nitrogens with zero attached hydrogens (tertiary/aromatic N) is 2. The van der Waals surface area contributed by atoms with Gasteiger partial charge >= 0.3 is 12.1 Å². The lowest BCUT2D eigenvalue weighted by atomic mass is 10.1. The molecular formula is C13H8ClF3N2O2. The number of hydrogen-bond acceptors (Lipinski definition) is 4. The molecule has 0 aliphatic carbocycles. The monoisotopic (exact) mass is 316 g/mol. The molecule has 0 aromatic carbocycles. The molecule has 0 aliphatic heterocycles.